The number of rotatable bonds is 6. The SMILES string of the molecule is COc1ccccc1CC(=O)O[C@@H](C)C(=O)Nc1ccc2c(c1)OCO2. The summed E-state index contributed by atoms with van der Waals surface area (Å²) in [4.78, 5) is 24.3. The van der Waals surface area contributed by atoms with Gasteiger partial charge in [-0.1, -0.05) is 18.2 Å². The third-order valence-electron chi connectivity index (χ3n) is 3.84. The van der Waals surface area contributed by atoms with Crippen LogP contribution in [0.1, 0.15) is 12.5 Å². The number of nitrogens with one attached hydrogen (secondary N) is 1. The lowest BCUT2D eigenvalue weighted by Gasteiger charge is -2.14. The van der Waals surface area contributed by atoms with Crippen LogP contribution in [0, 0.1) is 0 Å². The molecular weight excluding hydrogens is 338 g/mol. The third kappa shape index (κ3) is 4.05. The molecule has 0 saturated carbocycles. The lowest BCUT2D eigenvalue weighted by atomic mass is 10.1. The monoisotopic (exact) mass is 357 g/mol. The predicted octanol–water partition coefficient (Wildman–Crippen LogP) is 2.54. The lowest BCUT2D eigenvalue weighted by Crippen LogP contribution is -2.30. The van der Waals surface area contributed by atoms with Gasteiger partial charge in [0.25, 0.3) is 5.91 Å². The van der Waals surface area contributed by atoms with Gasteiger partial charge in [0.1, 0.15) is 5.75 Å². The fourth-order valence-corrected chi connectivity index (χ4v) is 2.52. The first-order valence-electron chi connectivity index (χ1n) is 8.08. The highest BCUT2D eigenvalue weighted by Gasteiger charge is 2.20. The first-order valence-corrected chi connectivity index (χ1v) is 8.08. The quantitative estimate of drug-likeness (QED) is 0.800. The maximum absolute atomic E-state index is 12.2. The van der Waals surface area contributed by atoms with Crippen LogP contribution in [0.5, 0.6) is 17.2 Å². The zero-order valence-corrected chi connectivity index (χ0v) is 14.5. The summed E-state index contributed by atoms with van der Waals surface area (Å²) in [5, 5.41) is 2.69. The Balaban J connectivity index is 1.56. The summed E-state index contributed by atoms with van der Waals surface area (Å²) in [5.74, 6) is 0.838. The number of amides is 1. The molecule has 0 bridgehead atoms. The molecular formula is C19H19NO6. The number of methoxy groups -OCH3 is 1. The molecule has 0 spiro atoms. The molecule has 0 fully saturated rings. The molecule has 1 aliphatic heterocycles. The van der Waals surface area contributed by atoms with E-state index < -0.39 is 18.0 Å². The molecule has 1 atom stereocenters. The fourth-order valence-electron chi connectivity index (χ4n) is 2.52. The maximum Gasteiger partial charge on any atom is 0.311 e. The van der Waals surface area contributed by atoms with Gasteiger partial charge >= 0.3 is 5.97 Å². The highest BCUT2D eigenvalue weighted by atomic mass is 16.7. The zero-order chi connectivity index (χ0) is 18.5. The Hall–Kier alpha value is -3.22. The summed E-state index contributed by atoms with van der Waals surface area (Å²) in [6, 6.07) is 12.2. The van der Waals surface area contributed by atoms with Crippen LogP contribution in [-0.4, -0.2) is 31.9 Å². The van der Waals surface area contributed by atoms with Crippen LogP contribution in [-0.2, 0) is 20.7 Å². The van der Waals surface area contributed by atoms with E-state index in [0.717, 1.165) is 0 Å². The van der Waals surface area contributed by atoms with Crippen LogP contribution in [0.15, 0.2) is 42.5 Å². The minimum absolute atomic E-state index is 0.0195. The second-order valence-corrected chi connectivity index (χ2v) is 5.68. The van der Waals surface area contributed by atoms with E-state index in [0.29, 0.717) is 28.5 Å². The molecule has 3 rings (SSSR count). The summed E-state index contributed by atoms with van der Waals surface area (Å²) >= 11 is 0. The number of hydrogen-bond acceptors (Lipinski definition) is 6. The molecule has 1 amide bonds. The van der Waals surface area contributed by atoms with Crippen molar-refractivity contribution >= 4 is 17.6 Å². The molecule has 7 heteroatoms. The minimum Gasteiger partial charge on any atom is -0.496 e. The molecule has 7 nitrogen and oxygen atoms in total. The number of anilines is 1. The highest BCUT2D eigenvalue weighted by molar-refractivity contribution is 5.95. The van der Waals surface area contributed by atoms with Crippen molar-refractivity contribution in [2.75, 3.05) is 19.2 Å². The van der Waals surface area contributed by atoms with E-state index in [1.165, 1.54) is 14.0 Å². The normalized spacial score (nSPS) is 13.0. The molecule has 0 radical (unpaired) electrons. The topological polar surface area (TPSA) is 83.1 Å². The molecule has 136 valence electrons. The van der Waals surface area contributed by atoms with Gasteiger partial charge in [-0.25, -0.2) is 0 Å². The molecule has 1 heterocycles. The van der Waals surface area contributed by atoms with Gasteiger partial charge < -0.3 is 24.3 Å². The van der Waals surface area contributed by atoms with E-state index in [4.69, 9.17) is 18.9 Å². The Bertz CT molecular complexity index is 819. The number of para-hydroxylation sites is 1. The van der Waals surface area contributed by atoms with E-state index in [9.17, 15) is 9.59 Å². The van der Waals surface area contributed by atoms with E-state index in [1.807, 2.05) is 6.07 Å². The number of carbonyl (C=O) groups excluding carboxylic acids is 2. The number of esters is 1. The van der Waals surface area contributed by atoms with Gasteiger partial charge in [0.2, 0.25) is 6.79 Å². The van der Waals surface area contributed by atoms with Gasteiger partial charge in [0.15, 0.2) is 17.6 Å². The summed E-state index contributed by atoms with van der Waals surface area (Å²) in [7, 11) is 1.53. The first kappa shape index (κ1) is 17.6. The van der Waals surface area contributed by atoms with Crippen molar-refractivity contribution in [1.29, 1.82) is 0 Å². The van der Waals surface area contributed by atoms with E-state index in [2.05, 4.69) is 5.32 Å². The standard InChI is InChI=1S/C19H19NO6/c1-12(26-18(21)9-13-5-3-4-6-15(13)23-2)19(22)20-14-7-8-16-17(10-14)25-11-24-16/h3-8,10,12H,9,11H2,1-2H3,(H,20,22)/t12-/m0/s1. The van der Waals surface area contributed by atoms with Gasteiger partial charge in [-0.3, -0.25) is 9.59 Å². The van der Waals surface area contributed by atoms with Crippen molar-refractivity contribution in [3.63, 3.8) is 0 Å². The second-order valence-electron chi connectivity index (χ2n) is 5.68. The van der Waals surface area contributed by atoms with Gasteiger partial charge in [0, 0.05) is 17.3 Å². The molecule has 26 heavy (non-hydrogen) atoms. The van der Waals surface area contributed by atoms with Crippen LogP contribution in [0.25, 0.3) is 0 Å². The average Bonchev–Trinajstić information content (AvgIpc) is 3.09. The smallest absolute Gasteiger partial charge is 0.311 e. The van der Waals surface area contributed by atoms with Gasteiger partial charge in [-0.2, -0.15) is 0 Å². The van der Waals surface area contributed by atoms with Crippen molar-refractivity contribution in [1.82, 2.24) is 0 Å². The number of carbonyl (C=O) groups is 2. The summed E-state index contributed by atoms with van der Waals surface area (Å²) in [6.07, 6.45) is -0.923. The third-order valence-corrected chi connectivity index (χ3v) is 3.84. The minimum atomic E-state index is -0.942. The largest absolute Gasteiger partial charge is 0.496 e. The van der Waals surface area contributed by atoms with Crippen LogP contribution in [0.4, 0.5) is 5.69 Å². The van der Waals surface area contributed by atoms with E-state index >= 15 is 0 Å². The molecule has 0 saturated heterocycles. The van der Waals surface area contributed by atoms with E-state index in [-0.39, 0.29) is 13.2 Å². The maximum atomic E-state index is 12.2. The number of fused-ring (bicyclic) bond motifs is 1. The molecule has 1 N–H and O–H groups in total. The molecule has 2 aromatic carbocycles. The Morgan fingerprint density at radius 3 is 2.73 bits per heavy atom. The van der Waals surface area contributed by atoms with Crippen LogP contribution >= 0.6 is 0 Å². The van der Waals surface area contributed by atoms with Crippen LogP contribution in [0.3, 0.4) is 0 Å². The summed E-state index contributed by atoms with van der Waals surface area (Å²) < 4.78 is 20.9. The zero-order valence-electron chi connectivity index (χ0n) is 14.5. The van der Waals surface area contributed by atoms with Gasteiger partial charge in [0.05, 0.1) is 13.5 Å². The Labute approximate surface area is 150 Å². The number of ether oxygens (including phenoxy) is 4. The van der Waals surface area contributed by atoms with Gasteiger partial charge in [-0.05, 0) is 25.1 Å². The molecule has 0 aliphatic carbocycles. The lowest BCUT2D eigenvalue weighted by molar-refractivity contribution is -0.152. The van der Waals surface area contributed by atoms with Crippen molar-refractivity contribution in [3.8, 4) is 17.2 Å². The van der Waals surface area contributed by atoms with Gasteiger partial charge in [-0.15, -0.1) is 0 Å². The number of hydrogen-bond donors (Lipinski definition) is 1. The van der Waals surface area contributed by atoms with Crippen molar-refractivity contribution < 1.29 is 28.5 Å². The van der Waals surface area contributed by atoms with Crippen molar-refractivity contribution in [3.05, 3.63) is 48.0 Å². The Morgan fingerprint density at radius 2 is 1.92 bits per heavy atom. The summed E-state index contributed by atoms with van der Waals surface area (Å²) in [6.45, 7) is 1.67. The number of benzene rings is 2. The van der Waals surface area contributed by atoms with E-state index in [1.54, 1.807) is 36.4 Å². The molecule has 1 aliphatic rings. The van der Waals surface area contributed by atoms with Crippen molar-refractivity contribution in [2.45, 2.75) is 19.4 Å². The second kappa shape index (κ2) is 7.77. The average molecular weight is 357 g/mol. The molecule has 2 aromatic rings. The van der Waals surface area contributed by atoms with Crippen LogP contribution < -0.4 is 19.5 Å². The van der Waals surface area contributed by atoms with Crippen LogP contribution in [0.2, 0.25) is 0 Å². The molecule has 0 unspecified atom stereocenters. The first-order chi connectivity index (χ1) is 12.6. The molecule has 0 aromatic heterocycles. The highest BCUT2D eigenvalue weighted by Crippen LogP contribution is 2.34. The van der Waals surface area contributed by atoms with Crippen molar-refractivity contribution in [2.24, 2.45) is 0 Å². The Morgan fingerprint density at radius 1 is 1.15 bits per heavy atom. The summed E-state index contributed by atoms with van der Waals surface area (Å²) in [5.41, 5.74) is 1.23. The fraction of sp³-hybridized carbons (Fsp3) is 0.263. The predicted molar refractivity (Wildman–Crippen MR) is 93.4 cm³/mol. The Kier molecular flexibility index (Phi) is 5.26.